The topological polar surface area (TPSA) is 54.0 Å². The number of ether oxygens (including phenoxy) is 1. The molecule has 0 amide bonds. The number of hydrogen-bond donors (Lipinski definition) is 0. The SMILES string of the molecule is C[Si](C)(C)O[C@H]1[C@H](O[Si](C)(C)C)COC(=O)[C@@H]1O[Si](C)(C)C. The van der Waals surface area contributed by atoms with Crippen LogP contribution in [0.2, 0.25) is 58.9 Å². The molecule has 0 aromatic rings. The Bertz CT molecular complexity index is 395. The van der Waals surface area contributed by atoms with Crippen LogP contribution >= 0.6 is 0 Å². The quantitative estimate of drug-likeness (QED) is 0.535. The van der Waals surface area contributed by atoms with Crippen molar-refractivity contribution < 1.29 is 22.8 Å². The van der Waals surface area contributed by atoms with E-state index in [4.69, 9.17) is 18.0 Å². The summed E-state index contributed by atoms with van der Waals surface area (Å²) >= 11 is 0. The van der Waals surface area contributed by atoms with Crippen molar-refractivity contribution in [2.75, 3.05) is 6.61 Å². The molecule has 0 radical (unpaired) electrons. The summed E-state index contributed by atoms with van der Waals surface area (Å²) in [6.45, 7) is 19.2. The lowest BCUT2D eigenvalue weighted by atomic mass is 10.1. The average Bonchev–Trinajstić information content (AvgIpc) is 2.22. The van der Waals surface area contributed by atoms with Gasteiger partial charge in [-0.15, -0.1) is 0 Å². The summed E-state index contributed by atoms with van der Waals surface area (Å²) in [5.74, 6) is -0.318. The lowest BCUT2D eigenvalue weighted by molar-refractivity contribution is -0.179. The molecule has 0 bridgehead atoms. The maximum atomic E-state index is 12.2. The van der Waals surface area contributed by atoms with Crippen molar-refractivity contribution in [1.29, 1.82) is 0 Å². The van der Waals surface area contributed by atoms with E-state index < -0.39 is 31.1 Å². The van der Waals surface area contributed by atoms with E-state index in [2.05, 4.69) is 58.9 Å². The van der Waals surface area contributed by atoms with Crippen LogP contribution in [-0.4, -0.2) is 55.8 Å². The first-order valence-corrected chi connectivity index (χ1v) is 18.1. The summed E-state index contributed by atoms with van der Waals surface area (Å²) in [7, 11) is -5.52. The van der Waals surface area contributed by atoms with Gasteiger partial charge in [-0.2, -0.15) is 0 Å². The lowest BCUT2D eigenvalue weighted by Gasteiger charge is -2.43. The van der Waals surface area contributed by atoms with Crippen LogP contribution in [0.4, 0.5) is 0 Å². The van der Waals surface area contributed by atoms with Gasteiger partial charge in [-0.3, -0.25) is 0 Å². The fourth-order valence-corrected chi connectivity index (χ4v) is 5.46. The minimum atomic E-state index is -1.90. The molecule has 0 aromatic heterocycles. The summed E-state index contributed by atoms with van der Waals surface area (Å²) < 4.78 is 23.9. The van der Waals surface area contributed by atoms with Crippen LogP contribution in [0, 0.1) is 0 Å². The highest BCUT2D eigenvalue weighted by Crippen LogP contribution is 2.27. The second kappa shape index (κ2) is 6.86. The monoisotopic (exact) mass is 364 g/mol. The van der Waals surface area contributed by atoms with Gasteiger partial charge in [0.15, 0.2) is 31.1 Å². The fourth-order valence-electron chi connectivity index (χ4n) is 2.27. The van der Waals surface area contributed by atoms with E-state index in [0.717, 1.165) is 0 Å². The molecule has 130 valence electrons. The first-order valence-electron chi connectivity index (χ1n) is 7.88. The van der Waals surface area contributed by atoms with Crippen molar-refractivity contribution in [3.05, 3.63) is 0 Å². The molecule has 0 aliphatic carbocycles. The number of hydrogen-bond acceptors (Lipinski definition) is 5. The lowest BCUT2D eigenvalue weighted by Crippen LogP contribution is -2.60. The van der Waals surface area contributed by atoms with Crippen LogP contribution in [0.3, 0.4) is 0 Å². The van der Waals surface area contributed by atoms with Crippen LogP contribution in [-0.2, 0) is 22.8 Å². The molecular weight excluding hydrogens is 332 g/mol. The number of rotatable bonds is 6. The summed E-state index contributed by atoms with van der Waals surface area (Å²) in [4.78, 5) is 12.2. The van der Waals surface area contributed by atoms with Gasteiger partial charge in [-0.05, 0) is 58.9 Å². The van der Waals surface area contributed by atoms with E-state index in [0.29, 0.717) is 0 Å². The molecule has 0 unspecified atom stereocenters. The molecule has 1 fully saturated rings. The van der Waals surface area contributed by atoms with Gasteiger partial charge in [0.1, 0.15) is 18.8 Å². The first kappa shape index (κ1) is 20.0. The van der Waals surface area contributed by atoms with Gasteiger partial charge < -0.3 is 18.0 Å². The number of cyclic esters (lactones) is 1. The Kier molecular flexibility index (Phi) is 6.25. The zero-order valence-corrected chi connectivity index (χ0v) is 18.5. The summed E-state index contributed by atoms with van der Waals surface area (Å²) in [6, 6.07) is 0. The normalized spacial score (nSPS) is 27.7. The van der Waals surface area contributed by atoms with Gasteiger partial charge in [0.05, 0.1) is 0 Å². The van der Waals surface area contributed by atoms with Gasteiger partial charge >= 0.3 is 5.97 Å². The molecule has 0 saturated carbocycles. The third-order valence-electron chi connectivity index (χ3n) is 2.76. The molecule has 5 nitrogen and oxygen atoms in total. The molecular formula is C14H32O5Si3. The zero-order chi connectivity index (χ0) is 17.3. The van der Waals surface area contributed by atoms with Crippen molar-refractivity contribution in [3.8, 4) is 0 Å². The molecule has 0 spiro atoms. The summed E-state index contributed by atoms with van der Waals surface area (Å²) in [5, 5.41) is 0. The highest BCUT2D eigenvalue weighted by molar-refractivity contribution is 6.70. The van der Waals surface area contributed by atoms with E-state index >= 15 is 0 Å². The van der Waals surface area contributed by atoms with Crippen molar-refractivity contribution >= 4 is 30.9 Å². The summed E-state index contributed by atoms with van der Waals surface area (Å²) in [5.41, 5.74) is 0. The van der Waals surface area contributed by atoms with Gasteiger partial charge in [-0.1, -0.05) is 0 Å². The van der Waals surface area contributed by atoms with Gasteiger partial charge in [-0.25, -0.2) is 4.79 Å². The largest absolute Gasteiger partial charge is 0.461 e. The third-order valence-corrected chi connectivity index (χ3v) is 5.71. The number of carbonyl (C=O) groups is 1. The van der Waals surface area contributed by atoms with Crippen LogP contribution in [0.15, 0.2) is 0 Å². The molecule has 1 rings (SSSR count). The smallest absolute Gasteiger partial charge is 0.336 e. The molecule has 1 heterocycles. The molecule has 0 N–H and O–H groups in total. The molecule has 8 heteroatoms. The standard InChI is InChI=1S/C14H32O5Si3/c1-20(2,3)17-11-10-16-14(15)13(19-22(7,8)9)12(11)18-21(4,5)6/h11-13H,10H2,1-9H3/t11-,12+,13-/m1/s1. The van der Waals surface area contributed by atoms with Crippen molar-refractivity contribution in [1.82, 2.24) is 0 Å². The van der Waals surface area contributed by atoms with Crippen molar-refractivity contribution in [2.24, 2.45) is 0 Å². The Morgan fingerprint density at radius 1 is 0.818 bits per heavy atom. The molecule has 3 atom stereocenters. The Morgan fingerprint density at radius 2 is 1.27 bits per heavy atom. The van der Waals surface area contributed by atoms with Gasteiger partial charge in [0, 0.05) is 0 Å². The van der Waals surface area contributed by atoms with E-state index in [9.17, 15) is 4.79 Å². The van der Waals surface area contributed by atoms with Crippen LogP contribution in [0.25, 0.3) is 0 Å². The third kappa shape index (κ3) is 7.05. The van der Waals surface area contributed by atoms with E-state index in [1.54, 1.807) is 0 Å². The van der Waals surface area contributed by atoms with Gasteiger partial charge in [0.25, 0.3) is 0 Å². The van der Waals surface area contributed by atoms with Crippen molar-refractivity contribution in [2.45, 2.75) is 77.2 Å². The van der Waals surface area contributed by atoms with Crippen LogP contribution in [0.5, 0.6) is 0 Å². The highest BCUT2D eigenvalue weighted by Gasteiger charge is 2.47. The molecule has 0 aromatic carbocycles. The maximum absolute atomic E-state index is 12.2. The maximum Gasteiger partial charge on any atom is 0.336 e. The highest BCUT2D eigenvalue weighted by atomic mass is 28.4. The average molecular weight is 365 g/mol. The van der Waals surface area contributed by atoms with Crippen LogP contribution < -0.4 is 0 Å². The summed E-state index contributed by atoms with van der Waals surface area (Å²) in [6.07, 6.45) is -1.28. The van der Waals surface area contributed by atoms with E-state index in [1.165, 1.54) is 0 Å². The first-order chi connectivity index (χ1) is 9.68. The van der Waals surface area contributed by atoms with E-state index in [1.807, 2.05) is 0 Å². The molecule has 1 aliphatic rings. The Labute approximate surface area is 138 Å². The second-order valence-corrected chi connectivity index (χ2v) is 22.1. The Morgan fingerprint density at radius 3 is 1.68 bits per heavy atom. The van der Waals surface area contributed by atoms with Gasteiger partial charge in [0.2, 0.25) is 0 Å². The zero-order valence-electron chi connectivity index (χ0n) is 15.5. The Balaban J connectivity index is 3.04. The second-order valence-electron chi connectivity index (χ2n) is 8.74. The Hall–Kier alpha value is 0.000649. The van der Waals surface area contributed by atoms with E-state index in [-0.39, 0.29) is 24.8 Å². The van der Waals surface area contributed by atoms with Crippen molar-refractivity contribution in [3.63, 3.8) is 0 Å². The minimum absolute atomic E-state index is 0.238. The number of carbonyl (C=O) groups excluding carboxylic acids is 1. The molecule has 1 saturated heterocycles. The minimum Gasteiger partial charge on any atom is -0.461 e. The molecule has 22 heavy (non-hydrogen) atoms. The predicted octanol–water partition coefficient (Wildman–Crippen LogP) is 3.20. The molecule has 1 aliphatic heterocycles. The van der Waals surface area contributed by atoms with Crippen LogP contribution in [0.1, 0.15) is 0 Å². The predicted molar refractivity (Wildman–Crippen MR) is 95.6 cm³/mol. The number of esters is 1. The fraction of sp³-hybridized carbons (Fsp3) is 0.929.